The third-order valence-corrected chi connectivity index (χ3v) is 7.49. The standard InChI is InChI=1S/C24H22ClN9O2/c1-31-11-26-23-21(31)24(35)34(12-27-23)10-19-29-22(30-36-19)20-17-8-33(9-18(17)20)16-4-13(3-15(25)5-16)14-6-28-32(2)7-14/h3-7,11-12,17-18,20H,8-10H2,1-2H3/t17-,18+,20?. The molecule has 1 saturated heterocycles. The first kappa shape index (κ1) is 21.3. The van der Waals surface area contributed by atoms with E-state index in [4.69, 9.17) is 16.1 Å². The number of aryl methyl sites for hydroxylation is 2. The molecule has 4 aromatic heterocycles. The molecule has 36 heavy (non-hydrogen) atoms. The number of fused-ring (bicyclic) bond motifs is 2. The van der Waals surface area contributed by atoms with Crippen molar-refractivity contribution in [2.75, 3.05) is 18.0 Å². The third-order valence-electron chi connectivity index (χ3n) is 7.27. The van der Waals surface area contributed by atoms with Crippen LogP contribution < -0.4 is 10.5 Å². The molecule has 5 aromatic rings. The maximum Gasteiger partial charge on any atom is 0.280 e. The number of anilines is 1. The van der Waals surface area contributed by atoms with Crippen molar-refractivity contribution in [2.45, 2.75) is 12.5 Å². The van der Waals surface area contributed by atoms with Gasteiger partial charge in [-0.1, -0.05) is 16.8 Å². The van der Waals surface area contributed by atoms with Crippen LogP contribution in [0.25, 0.3) is 22.3 Å². The van der Waals surface area contributed by atoms with E-state index in [-0.39, 0.29) is 18.0 Å². The van der Waals surface area contributed by atoms with Crippen molar-refractivity contribution in [2.24, 2.45) is 25.9 Å². The normalized spacial score (nSPS) is 20.9. The average molecular weight is 504 g/mol. The highest BCUT2D eigenvalue weighted by atomic mass is 35.5. The summed E-state index contributed by atoms with van der Waals surface area (Å²) in [5.41, 5.74) is 3.89. The number of benzene rings is 1. The van der Waals surface area contributed by atoms with Crippen LogP contribution in [0.2, 0.25) is 5.02 Å². The first-order valence-corrected chi connectivity index (χ1v) is 12.1. The minimum Gasteiger partial charge on any atom is -0.371 e. The summed E-state index contributed by atoms with van der Waals surface area (Å²) in [5, 5.41) is 9.22. The first-order valence-electron chi connectivity index (χ1n) is 11.7. The molecule has 7 rings (SSSR count). The molecule has 1 unspecified atom stereocenters. The Balaban J connectivity index is 1.06. The van der Waals surface area contributed by atoms with E-state index < -0.39 is 0 Å². The fourth-order valence-electron chi connectivity index (χ4n) is 5.41. The molecule has 0 N–H and O–H groups in total. The maximum absolute atomic E-state index is 12.8. The number of imidazole rings is 1. The lowest BCUT2D eigenvalue weighted by Crippen LogP contribution is -2.24. The van der Waals surface area contributed by atoms with Gasteiger partial charge in [0.2, 0.25) is 5.89 Å². The molecule has 0 bridgehead atoms. The maximum atomic E-state index is 12.8. The van der Waals surface area contributed by atoms with Crippen LogP contribution in [-0.4, -0.2) is 52.1 Å². The van der Waals surface area contributed by atoms with Gasteiger partial charge in [0.1, 0.15) is 12.9 Å². The van der Waals surface area contributed by atoms with Gasteiger partial charge < -0.3 is 14.0 Å². The molecule has 2 fully saturated rings. The summed E-state index contributed by atoms with van der Waals surface area (Å²) in [4.78, 5) is 28.1. The van der Waals surface area contributed by atoms with Gasteiger partial charge >= 0.3 is 0 Å². The van der Waals surface area contributed by atoms with Gasteiger partial charge in [0, 0.05) is 55.6 Å². The van der Waals surface area contributed by atoms with Crippen molar-refractivity contribution in [1.82, 2.24) is 39.0 Å². The molecule has 3 atom stereocenters. The van der Waals surface area contributed by atoms with Gasteiger partial charge in [-0.2, -0.15) is 10.1 Å². The second-order valence-electron chi connectivity index (χ2n) is 9.61. The quantitative estimate of drug-likeness (QED) is 0.359. The fourth-order valence-corrected chi connectivity index (χ4v) is 5.64. The van der Waals surface area contributed by atoms with Crippen LogP contribution in [0, 0.1) is 11.8 Å². The van der Waals surface area contributed by atoms with Gasteiger partial charge in [-0.15, -0.1) is 0 Å². The van der Waals surface area contributed by atoms with Crippen molar-refractivity contribution >= 4 is 28.5 Å². The molecular formula is C24H22ClN9O2. The predicted molar refractivity (Wildman–Crippen MR) is 132 cm³/mol. The highest BCUT2D eigenvalue weighted by Gasteiger charge is 2.58. The Morgan fingerprint density at radius 3 is 2.67 bits per heavy atom. The summed E-state index contributed by atoms with van der Waals surface area (Å²) in [5.74, 6) is 2.31. The first-order chi connectivity index (χ1) is 17.4. The van der Waals surface area contributed by atoms with Crippen LogP contribution in [0.15, 0.2) is 52.6 Å². The van der Waals surface area contributed by atoms with E-state index in [1.807, 2.05) is 31.6 Å². The summed E-state index contributed by atoms with van der Waals surface area (Å²) >= 11 is 6.45. The van der Waals surface area contributed by atoms with Gasteiger partial charge in [-0.05, 0) is 35.6 Å². The number of halogens is 1. The lowest BCUT2D eigenvalue weighted by Gasteiger charge is -2.22. The summed E-state index contributed by atoms with van der Waals surface area (Å²) in [7, 11) is 3.67. The molecule has 0 radical (unpaired) electrons. The number of rotatable bonds is 5. The molecule has 1 aliphatic heterocycles. The zero-order valence-corrected chi connectivity index (χ0v) is 20.4. The second kappa shape index (κ2) is 7.76. The van der Waals surface area contributed by atoms with Crippen molar-refractivity contribution in [3.05, 3.63) is 70.3 Å². The number of hydrogen-bond donors (Lipinski definition) is 0. The molecule has 182 valence electrons. The van der Waals surface area contributed by atoms with Gasteiger partial charge in [0.25, 0.3) is 5.56 Å². The molecule has 2 aliphatic rings. The Kier molecular flexibility index (Phi) is 4.59. The third kappa shape index (κ3) is 3.41. The van der Waals surface area contributed by atoms with E-state index >= 15 is 0 Å². The van der Waals surface area contributed by atoms with Crippen molar-refractivity contribution in [1.29, 1.82) is 0 Å². The van der Waals surface area contributed by atoms with Crippen LogP contribution in [0.5, 0.6) is 0 Å². The van der Waals surface area contributed by atoms with E-state index in [9.17, 15) is 4.79 Å². The predicted octanol–water partition coefficient (Wildman–Crippen LogP) is 2.46. The van der Waals surface area contributed by atoms with Crippen LogP contribution in [0.3, 0.4) is 0 Å². The Morgan fingerprint density at radius 2 is 1.89 bits per heavy atom. The lowest BCUT2D eigenvalue weighted by molar-refractivity contribution is 0.363. The van der Waals surface area contributed by atoms with E-state index in [0.29, 0.717) is 39.7 Å². The van der Waals surface area contributed by atoms with Crippen LogP contribution >= 0.6 is 11.6 Å². The summed E-state index contributed by atoms with van der Waals surface area (Å²) in [6.07, 6.45) is 6.88. The van der Waals surface area contributed by atoms with E-state index in [2.05, 4.69) is 36.2 Å². The SMILES string of the molecule is Cn1cc(-c2cc(Cl)cc(N3C[C@@H]4C(c5noc(Cn6cnc7ncn(C)c7c6=O)n5)[C@@H]4C3)c2)cn1. The molecule has 0 amide bonds. The molecule has 1 saturated carbocycles. The monoisotopic (exact) mass is 503 g/mol. The van der Waals surface area contributed by atoms with E-state index in [1.54, 1.807) is 22.6 Å². The molecule has 0 spiro atoms. The summed E-state index contributed by atoms with van der Waals surface area (Å²) < 4.78 is 10.4. The smallest absolute Gasteiger partial charge is 0.280 e. The molecule has 11 nitrogen and oxygen atoms in total. The summed E-state index contributed by atoms with van der Waals surface area (Å²) in [6, 6.07) is 6.15. The van der Waals surface area contributed by atoms with Crippen LogP contribution in [0.1, 0.15) is 17.6 Å². The highest BCUT2D eigenvalue weighted by Crippen LogP contribution is 2.58. The Bertz CT molecular complexity index is 1670. The van der Waals surface area contributed by atoms with E-state index in [0.717, 1.165) is 29.9 Å². The highest BCUT2D eigenvalue weighted by molar-refractivity contribution is 6.31. The number of aromatic nitrogens is 8. The molecule has 12 heteroatoms. The average Bonchev–Trinajstić information content (AvgIpc) is 3.42. The second-order valence-corrected chi connectivity index (χ2v) is 10.0. The summed E-state index contributed by atoms with van der Waals surface area (Å²) in [6.45, 7) is 1.99. The van der Waals surface area contributed by atoms with Gasteiger partial charge in [0.15, 0.2) is 17.0 Å². The zero-order valence-electron chi connectivity index (χ0n) is 19.6. The van der Waals surface area contributed by atoms with Crippen molar-refractivity contribution in [3.63, 3.8) is 0 Å². The largest absolute Gasteiger partial charge is 0.371 e. The van der Waals surface area contributed by atoms with Gasteiger partial charge in [-0.3, -0.25) is 14.0 Å². The fraction of sp³-hybridized carbons (Fsp3) is 0.333. The van der Waals surface area contributed by atoms with Gasteiger partial charge in [0.05, 0.1) is 12.5 Å². The topological polar surface area (TPSA) is 113 Å². The van der Waals surface area contributed by atoms with Crippen molar-refractivity contribution in [3.8, 4) is 11.1 Å². The van der Waals surface area contributed by atoms with Crippen LogP contribution in [-0.2, 0) is 20.6 Å². The Morgan fingerprint density at radius 1 is 1.08 bits per heavy atom. The number of piperidine rings is 1. The molecule has 1 aromatic carbocycles. The Hall–Kier alpha value is -3.99. The van der Waals surface area contributed by atoms with Gasteiger partial charge in [-0.25, -0.2) is 9.97 Å². The molecule has 5 heterocycles. The van der Waals surface area contributed by atoms with Crippen molar-refractivity contribution < 1.29 is 4.52 Å². The number of hydrogen-bond acceptors (Lipinski definition) is 8. The number of nitrogens with zero attached hydrogens (tertiary/aromatic N) is 9. The molecular weight excluding hydrogens is 482 g/mol. The lowest BCUT2D eigenvalue weighted by atomic mass is 10.1. The zero-order chi connectivity index (χ0) is 24.6. The Labute approximate surface area is 209 Å². The minimum atomic E-state index is -0.189. The molecule has 1 aliphatic carbocycles. The minimum absolute atomic E-state index is 0.174. The van der Waals surface area contributed by atoms with Crippen LogP contribution in [0.4, 0.5) is 5.69 Å². The van der Waals surface area contributed by atoms with E-state index in [1.165, 1.54) is 10.9 Å².